The number of rotatable bonds is 4. The number of esters is 1. The average Bonchev–Trinajstić information content (AvgIpc) is 2.44. The molecule has 124 valence electrons. The van der Waals surface area contributed by atoms with Crippen molar-refractivity contribution < 1.29 is 32.3 Å². The van der Waals surface area contributed by atoms with Gasteiger partial charge in [0.1, 0.15) is 6.61 Å². The van der Waals surface area contributed by atoms with Gasteiger partial charge in [0.05, 0.1) is 22.9 Å². The first-order valence-corrected chi connectivity index (χ1v) is 7.38. The van der Waals surface area contributed by atoms with Crippen molar-refractivity contribution in [3.63, 3.8) is 0 Å². The summed E-state index contributed by atoms with van der Waals surface area (Å²) in [7, 11) is 0. The van der Waals surface area contributed by atoms with Crippen LogP contribution in [-0.4, -0.2) is 29.5 Å². The molecule has 1 aliphatic rings. The molecule has 0 saturated carbocycles. The maximum Gasteiger partial charge on any atom is 0.416 e. The van der Waals surface area contributed by atoms with Gasteiger partial charge in [-0.1, -0.05) is 0 Å². The lowest BCUT2D eigenvalue weighted by Gasteiger charge is -2.24. The fourth-order valence-corrected chi connectivity index (χ4v) is 2.93. The maximum absolute atomic E-state index is 12.6. The summed E-state index contributed by atoms with van der Waals surface area (Å²) in [5, 5.41) is 1.54. The van der Waals surface area contributed by atoms with E-state index in [0.29, 0.717) is 4.90 Å². The summed E-state index contributed by atoms with van der Waals surface area (Å²) in [6.45, 7) is 0.882. The molecule has 9 heteroatoms. The Morgan fingerprint density at radius 1 is 1.35 bits per heavy atom. The number of nitrogens with one attached hydrogen (secondary N) is 1. The van der Waals surface area contributed by atoms with Crippen LogP contribution in [0.25, 0.3) is 0 Å². The van der Waals surface area contributed by atoms with Gasteiger partial charge in [-0.25, -0.2) is 0 Å². The van der Waals surface area contributed by atoms with Crippen molar-refractivity contribution >= 4 is 35.1 Å². The van der Waals surface area contributed by atoms with Gasteiger partial charge in [-0.2, -0.15) is 13.2 Å². The van der Waals surface area contributed by atoms with Crippen molar-refractivity contribution in [2.45, 2.75) is 29.7 Å². The average molecular weight is 347 g/mol. The molecule has 0 fully saturated rings. The van der Waals surface area contributed by atoms with E-state index in [1.165, 1.54) is 13.0 Å². The fraction of sp³-hybridized carbons (Fsp3) is 0.357. The third-order valence-electron chi connectivity index (χ3n) is 2.91. The summed E-state index contributed by atoms with van der Waals surface area (Å²) in [5.74, 6) is -1.63. The molecule has 1 heterocycles. The number of ketones is 1. The lowest BCUT2D eigenvalue weighted by molar-refractivity contribution is -0.148. The normalized spacial score (nSPS) is 17.2. The molecule has 0 unspecified atom stereocenters. The van der Waals surface area contributed by atoms with Crippen LogP contribution in [0.4, 0.5) is 18.9 Å². The topological polar surface area (TPSA) is 72.5 Å². The van der Waals surface area contributed by atoms with Gasteiger partial charge in [0.15, 0.2) is 5.78 Å². The highest BCUT2D eigenvalue weighted by molar-refractivity contribution is 8.01. The third kappa shape index (κ3) is 4.47. The van der Waals surface area contributed by atoms with Gasteiger partial charge in [-0.3, -0.25) is 14.4 Å². The summed E-state index contributed by atoms with van der Waals surface area (Å²) >= 11 is 0.982. The number of carbonyl (C=O) groups is 3. The quantitative estimate of drug-likeness (QED) is 0.848. The molecule has 1 amide bonds. The zero-order valence-electron chi connectivity index (χ0n) is 11.9. The van der Waals surface area contributed by atoms with Crippen LogP contribution in [0.15, 0.2) is 23.1 Å². The first kappa shape index (κ1) is 17.3. The van der Waals surface area contributed by atoms with Crippen LogP contribution in [-0.2, 0) is 25.3 Å². The Hall–Kier alpha value is -2.03. The number of hydrogen-bond donors (Lipinski definition) is 1. The molecule has 1 aliphatic heterocycles. The Bertz CT molecular complexity index is 660. The first-order chi connectivity index (χ1) is 10.7. The van der Waals surface area contributed by atoms with Crippen LogP contribution in [0.2, 0.25) is 0 Å². The van der Waals surface area contributed by atoms with Crippen molar-refractivity contribution in [2.24, 2.45) is 0 Å². The predicted molar refractivity (Wildman–Crippen MR) is 76.0 cm³/mol. The molecule has 0 aliphatic carbocycles. The Kier molecular flexibility index (Phi) is 4.98. The van der Waals surface area contributed by atoms with Crippen LogP contribution < -0.4 is 5.32 Å². The van der Waals surface area contributed by atoms with E-state index in [-0.39, 0.29) is 24.5 Å². The smallest absolute Gasteiger partial charge is 0.416 e. The minimum Gasteiger partial charge on any atom is -0.458 e. The summed E-state index contributed by atoms with van der Waals surface area (Å²) in [5.41, 5.74) is -0.806. The number of alkyl halides is 3. The number of fused-ring (bicyclic) bond motifs is 1. The fourth-order valence-electron chi connectivity index (χ4n) is 1.85. The van der Waals surface area contributed by atoms with Crippen molar-refractivity contribution in [2.75, 3.05) is 11.9 Å². The molecule has 0 spiro atoms. The monoisotopic (exact) mass is 347 g/mol. The van der Waals surface area contributed by atoms with Crippen LogP contribution in [0, 0.1) is 0 Å². The molecule has 0 saturated heterocycles. The standard InChI is InChI=1S/C14H12F3NO4S/c1-7(19)6-22-12(20)5-11-13(21)18-9-4-8(14(15,16)17)2-3-10(9)23-11/h2-4,11H,5-6H2,1H3,(H,18,21)/t11-/m0/s1. The van der Waals surface area contributed by atoms with E-state index >= 15 is 0 Å². The van der Waals surface area contributed by atoms with E-state index in [1.54, 1.807) is 0 Å². The van der Waals surface area contributed by atoms with Crippen LogP contribution in [0.5, 0.6) is 0 Å². The van der Waals surface area contributed by atoms with E-state index in [2.05, 4.69) is 10.1 Å². The van der Waals surface area contributed by atoms with Gasteiger partial charge in [-0.05, 0) is 25.1 Å². The zero-order valence-corrected chi connectivity index (χ0v) is 12.7. The Labute approximate surface area is 133 Å². The molecular formula is C14H12F3NO4S. The number of thioether (sulfide) groups is 1. The number of Topliss-reactive ketones (excluding diaryl/α,β-unsaturated/α-hetero) is 1. The van der Waals surface area contributed by atoms with E-state index < -0.39 is 28.9 Å². The molecule has 23 heavy (non-hydrogen) atoms. The number of halogens is 3. The van der Waals surface area contributed by atoms with Crippen LogP contribution in [0.3, 0.4) is 0 Å². The lowest BCUT2D eigenvalue weighted by Crippen LogP contribution is -2.32. The molecule has 1 atom stereocenters. The molecular weight excluding hydrogens is 335 g/mol. The van der Waals surface area contributed by atoms with Crippen molar-refractivity contribution in [1.29, 1.82) is 0 Å². The number of benzene rings is 1. The van der Waals surface area contributed by atoms with Gasteiger partial charge in [0.25, 0.3) is 0 Å². The van der Waals surface area contributed by atoms with Gasteiger partial charge in [-0.15, -0.1) is 11.8 Å². The SMILES string of the molecule is CC(=O)COC(=O)C[C@@H]1Sc2ccc(C(F)(F)F)cc2NC1=O. The molecule has 2 rings (SSSR count). The van der Waals surface area contributed by atoms with Gasteiger partial charge >= 0.3 is 12.1 Å². The maximum atomic E-state index is 12.6. The highest BCUT2D eigenvalue weighted by Crippen LogP contribution is 2.40. The minimum atomic E-state index is -4.50. The number of carbonyl (C=O) groups excluding carboxylic acids is 3. The van der Waals surface area contributed by atoms with Crippen molar-refractivity contribution in [1.82, 2.24) is 0 Å². The summed E-state index contributed by atoms with van der Waals surface area (Å²) in [4.78, 5) is 34.6. The second-order valence-corrected chi connectivity index (χ2v) is 6.12. The molecule has 0 aromatic heterocycles. The number of ether oxygens (including phenoxy) is 1. The van der Waals surface area contributed by atoms with E-state index in [9.17, 15) is 27.6 Å². The lowest BCUT2D eigenvalue weighted by atomic mass is 10.1. The van der Waals surface area contributed by atoms with Crippen LogP contribution >= 0.6 is 11.8 Å². The molecule has 0 bridgehead atoms. The number of anilines is 1. The second-order valence-electron chi connectivity index (χ2n) is 4.87. The zero-order chi connectivity index (χ0) is 17.2. The second kappa shape index (κ2) is 6.61. The van der Waals surface area contributed by atoms with Crippen molar-refractivity contribution in [3.05, 3.63) is 23.8 Å². The summed E-state index contributed by atoms with van der Waals surface area (Å²) < 4.78 is 42.6. The van der Waals surface area contributed by atoms with E-state index in [1.807, 2.05) is 0 Å². The van der Waals surface area contributed by atoms with Gasteiger partial charge < -0.3 is 10.1 Å². The van der Waals surface area contributed by atoms with Gasteiger partial charge in [0.2, 0.25) is 5.91 Å². The predicted octanol–water partition coefficient (Wildman–Crippen LogP) is 2.64. The molecule has 5 nitrogen and oxygen atoms in total. The van der Waals surface area contributed by atoms with E-state index in [4.69, 9.17) is 0 Å². The Morgan fingerprint density at radius 3 is 2.65 bits per heavy atom. The van der Waals surface area contributed by atoms with Crippen molar-refractivity contribution in [3.8, 4) is 0 Å². The molecule has 1 aromatic carbocycles. The molecule has 1 aromatic rings. The molecule has 1 N–H and O–H groups in total. The highest BCUT2D eigenvalue weighted by Gasteiger charge is 2.34. The summed E-state index contributed by atoms with van der Waals surface area (Å²) in [6, 6.07) is 3.01. The Balaban J connectivity index is 2.08. The summed E-state index contributed by atoms with van der Waals surface area (Å²) in [6.07, 6.45) is -4.78. The van der Waals surface area contributed by atoms with E-state index in [0.717, 1.165) is 23.9 Å². The first-order valence-electron chi connectivity index (χ1n) is 6.50. The van der Waals surface area contributed by atoms with Gasteiger partial charge in [0, 0.05) is 4.90 Å². The number of amides is 1. The highest BCUT2D eigenvalue weighted by atomic mass is 32.2. The third-order valence-corrected chi connectivity index (χ3v) is 4.19. The Morgan fingerprint density at radius 2 is 2.04 bits per heavy atom. The molecule has 0 radical (unpaired) electrons. The minimum absolute atomic E-state index is 0.0585. The largest absolute Gasteiger partial charge is 0.458 e. The number of hydrogen-bond acceptors (Lipinski definition) is 5. The van der Waals surface area contributed by atoms with Crippen LogP contribution in [0.1, 0.15) is 18.9 Å².